The summed E-state index contributed by atoms with van der Waals surface area (Å²) >= 11 is 0. The normalized spacial score (nSPS) is 25.0. The molecule has 0 spiro atoms. The first-order chi connectivity index (χ1) is 8.15. The van der Waals surface area contributed by atoms with E-state index < -0.39 is 0 Å². The highest BCUT2D eigenvalue weighted by Crippen LogP contribution is 2.15. The van der Waals surface area contributed by atoms with Gasteiger partial charge in [0, 0.05) is 37.9 Å². The molecule has 2 unspecified atom stereocenters. The molecular weight excluding hydrogens is 214 g/mol. The zero-order valence-electron chi connectivity index (χ0n) is 10.8. The van der Waals surface area contributed by atoms with Crippen molar-refractivity contribution in [2.24, 2.45) is 0 Å². The van der Waals surface area contributed by atoms with Gasteiger partial charge in [-0.05, 0) is 32.9 Å². The average molecular weight is 235 g/mol. The molecule has 1 amide bonds. The number of nitrogens with zero attached hydrogens (tertiary/aromatic N) is 2. The Hall–Kier alpha value is -1.29. The highest BCUT2D eigenvalue weighted by molar-refractivity contribution is 5.93. The summed E-state index contributed by atoms with van der Waals surface area (Å²) in [7, 11) is 0. The molecule has 2 rings (SSSR count). The van der Waals surface area contributed by atoms with E-state index in [1.165, 1.54) is 0 Å². The van der Waals surface area contributed by atoms with Crippen LogP contribution in [0.5, 0.6) is 0 Å². The van der Waals surface area contributed by atoms with Crippen LogP contribution in [0.15, 0.2) is 18.3 Å². The highest BCUT2D eigenvalue weighted by Gasteiger charge is 2.30. The molecule has 0 saturated carbocycles. The predicted octanol–water partition coefficient (Wildman–Crippen LogP) is 1.33. The molecule has 1 fully saturated rings. The maximum Gasteiger partial charge on any atom is 0.271 e. The van der Waals surface area contributed by atoms with Crippen molar-refractivity contribution in [3.8, 4) is 0 Å². The topological polar surface area (TPSA) is 37.3 Å². The van der Waals surface area contributed by atoms with Crippen molar-refractivity contribution in [2.75, 3.05) is 13.1 Å². The molecule has 1 saturated heterocycles. The van der Waals surface area contributed by atoms with E-state index in [0.29, 0.717) is 0 Å². The second kappa shape index (κ2) is 4.92. The maximum absolute atomic E-state index is 12.5. The van der Waals surface area contributed by atoms with Gasteiger partial charge in [-0.2, -0.15) is 0 Å². The van der Waals surface area contributed by atoms with Crippen LogP contribution in [-0.2, 0) is 6.54 Å². The van der Waals surface area contributed by atoms with Gasteiger partial charge in [0.15, 0.2) is 0 Å². The van der Waals surface area contributed by atoms with E-state index in [0.717, 1.165) is 25.3 Å². The number of piperazine rings is 1. The lowest BCUT2D eigenvalue weighted by molar-refractivity contribution is 0.0533. The average Bonchev–Trinajstić information content (AvgIpc) is 2.76. The van der Waals surface area contributed by atoms with Gasteiger partial charge in [0.25, 0.3) is 5.91 Å². The third-order valence-electron chi connectivity index (χ3n) is 3.45. The number of hydrogen-bond donors (Lipinski definition) is 1. The van der Waals surface area contributed by atoms with Crippen LogP contribution in [0.4, 0.5) is 0 Å². The Bertz CT molecular complexity index is 389. The fraction of sp³-hybridized carbons (Fsp3) is 0.615. The first kappa shape index (κ1) is 12.2. The lowest BCUT2D eigenvalue weighted by Gasteiger charge is -2.39. The number of aromatic nitrogens is 1. The molecule has 17 heavy (non-hydrogen) atoms. The third kappa shape index (κ3) is 2.22. The van der Waals surface area contributed by atoms with E-state index in [1.54, 1.807) is 0 Å². The Morgan fingerprint density at radius 1 is 1.41 bits per heavy atom. The molecule has 1 aromatic heterocycles. The number of aryl methyl sites for hydroxylation is 1. The standard InChI is InChI=1S/C13H21N3O/c1-4-15-7-5-6-12(15)13(17)16-10(2)8-14-9-11(16)3/h5-7,10-11,14H,4,8-9H2,1-3H3. The minimum absolute atomic E-state index is 0.151. The van der Waals surface area contributed by atoms with Crippen molar-refractivity contribution >= 4 is 5.91 Å². The van der Waals surface area contributed by atoms with E-state index in [-0.39, 0.29) is 18.0 Å². The summed E-state index contributed by atoms with van der Waals surface area (Å²) in [5.74, 6) is 0.151. The Labute approximate surface area is 103 Å². The van der Waals surface area contributed by atoms with Crippen molar-refractivity contribution in [3.05, 3.63) is 24.0 Å². The highest BCUT2D eigenvalue weighted by atomic mass is 16.2. The summed E-state index contributed by atoms with van der Waals surface area (Å²) in [4.78, 5) is 14.5. The summed E-state index contributed by atoms with van der Waals surface area (Å²) in [5, 5.41) is 3.34. The predicted molar refractivity (Wildman–Crippen MR) is 68.1 cm³/mol. The van der Waals surface area contributed by atoms with E-state index >= 15 is 0 Å². The largest absolute Gasteiger partial charge is 0.344 e. The molecule has 94 valence electrons. The van der Waals surface area contributed by atoms with Gasteiger partial charge in [0.1, 0.15) is 5.69 Å². The maximum atomic E-state index is 12.5. The minimum Gasteiger partial charge on any atom is -0.344 e. The van der Waals surface area contributed by atoms with Crippen LogP contribution in [0.3, 0.4) is 0 Å². The quantitative estimate of drug-likeness (QED) is 0.839. The van der Waals surface area contributed by atoms with Gasteiger partial charge in [-0.3, -0.25) is 4.79 Å². The second-order valence-corrected chi connectivity index (χ2v) is 4.75. The molecule has 0 aliphatic carbocycles. The molecule has 4 heteroatoms. The van der Waals surface area contributed by atoms with Gasteiger partial charge >= 0.3 is 0 Å². The number of hydrogen-bond acceptors (Lipinski definition) is 2. The fourth-order valence-electron chi connectivity index (χ4n) is 2.55. The third-order valence-corrected chi connectivity index (χ3v) is 3.45. The van der Waals surface area contributed by atoms with E-state index in [1.807, 2.05) is 27.8 Å². The Kier molecular flexibility index (Phi) is 3.52. The van der Waals surface area contributed by atoms with Crippen LogP contribution in [0.1, 0.15) is 31.3 Å². The van der Waals surface area contributed by atoms with E-state index in [4.69, 9.17) is 0 Å². The number of amides is 1. The van der Waals surface area contributed by atoms with Gasteiger partial charge in [-0.25, -0.2) is 0 Å². The van der Waals surface area contributed by atoms with Gasteiger partial charge in [-0.15, -0.1) is 0 Å². The Morgan fingerprint density at radius 2 is 2.06 bits per heavy atom. The molecule has 2 heterocycles. The first-order valence-corrected chi connectivity index (χ1v) is 6.33. The Morgan fingerprint density at radius 3 is 2.65 bits per heavy atom. The molecule has 1 N–H and O–H groups in total. The fourth-order valence-corrected chi connectivity index (χ4v) is 2.55. The SMILES string of the molecule is CCn1cccc1C(=O)N1C(C)CNCC1C. The monoisotopic (exact) mass is 235 g/mol. The van der Waals surface area contributed by atoms with Crippen molar-refractivity contribution < 1.29 is 4.79 Å². The summed E-state index contributed by atoms with van der Waals surface area (Å²) in [6, 6.07) is 4.36. The van der Waals surface area contributed by atoms with Crippen LogP contribution >= 0.6 is 0 Å². The molecule has 1 aliphatic heterocycles. The van der Waals surface area contributed by atoms with Crippen LogP contribution in [0.2, 0.25) is 0 Å². The van der Waals surface area contributed by atoms with Gasteiger partial charge in [0.2, 0.25) is 0 Å². The lowest BCUT2D eigenvalue weighted by atomic mass is 10.1. The van der Waals surface area contributed by atoms with Gasteiger partial charge in [-0.1, -0.05) is 0 Å². The smallest absolute Gasteiger partial charge is 0.271 e. The molecule has 2 atom stereocenters. The zero-order chi connectivity index (χ0) is 12.4. The Balaban J connectivity index is 2.24. The summed E-state index contributed by atoms with van der Waals surface area (Å²) in [6.07, 6.45) is 1.96. The number of carbonyl (C=O) groups is 1. The van der Waals surface area contributed by atoms with Crippen LogP contribution in [0, 0.1) is 0 Å². The van der Waals surface area contributed by atoms with Crippen LogP contribution < -0.4 is 5.32 Å². The van der Waals surface area contributed by atoms with Gasteiger partial charge < -0.3 is 14.8 Å². The van der Waals surface area contributed by atoms with E-state index in [2.05, 4.69) is 26.1 Å². The van der Waals surface area contributed by atoms with Crippen molar-refractivity contribution in [2.45, 2.75) is 39.4 Å². The lowest BCUT2D eigenvalue weighted by Crippen LogP contribution is -2.57. The van der Waals surface area contributed by atoms with Crippen LogP contribution in [0.25, 0.3) is 0 Å². The van der Waals surface area contributed by atoms with Crippen LogP contribution in [-0.4, -0.2) is 40.5 Å². The molecule has 1 aliphatic rings. The molecule has 0 radical (unpaired) electrons. The number of nitrogens with one attached hydrogen (secondary N) is 1. The minimum atomic E-state index is 0.151. The van der Waals surface area contributed by atoms with Crippen molar-refractivity contribution in [1.82, 2.24) is 14.8 Å². The number of rotatable bonds is 2. The first-order valence-electron chi connectivity index (χ1n) is 6.33. The van der Waals surface area contributed by atoms with Gasteiger partial charge in [0.05, 0.1) is 0 Å². The summed E-state index contributed by atoms with van der Waals surface area (Å²) in [5.41, 5.74) is 0.799. The second-order valence-electron chi connectivity index (χ2n) is 4.75. The van der Waals surface area contributed by atoms with Crippen molar-refractivity contribution in [3.63, 3.8) is 0 Å². The van der Waals surface area contributed by atoms with Crippen molar-refractivity contribution in [1.29, 1.82) is 0 Å². The van der Waals surface area contributed by atoms with E-state index in [9.17, 15) is 4.79 Å². The number of carbonyl (C=O) groups excluding carboxylic acids is 1. The molecule has 0 bridgehead atoms. The molecule has 0 aromatic carbocycles. The molecule has 1 aromatic rings. The summed E-state index contributed by atoms with van der Waals surface area (Å²) < 4.78 is 2.00. The molecular formula is C13H21N3O. The summed E-state index contributed by atoms with van der Waals surface area (Å²) in [6.45, 7) is 8.84. The zero-order valence-corrected chi connectivity index (χ0v) is 10.8. The molecule has 4 nitrogen and oxygen atoms in total.